The highest BCUT2D eigenvalue weighted by molar-refractivity contribution is 6.20. The van der Waals surface area contributed by atoms with E-state index in [0.717, 1.165) is 23.4 Å². The Morgan fingerprint density at radius 2 is 2.25 bits per heavy atom. The maximum absolute atomic E-state index is 6.25. The van der Waals surface area contributed by atoms with Crippen LogP contribution < -0.4 is 0 Å². The molecule has 0 amide bonds. The lowest BCUT2D eigenvalue weighted by atomic mass is 10.2. The van der Waals surface area contributed by atoms with Crippen LogP contribution in [0.25, 0.3) is 11.0 Å². The zero-order valence-corrected chi connectivity index (χ0v) is 12.1. The number of alkyl halides is 1. The Bertz CT molecular complexity index is 718. The molecule has 3 rings (SSSR count). The second-order valence-electron chi connectivity index (χ2n) is 4.83. The number of nitrogens with zero attached hydrogens (tertiary/aromatic N) is 4. The van der Waals surface area contributed by atoms with E-state index in [2.05, 4.69) is 38.7 Å². The average molecular weight is 291 g/mol. The summed E-state index contributed by atoms with van der Waals surface area (Å²) in [6.07, 6.45) is 2.03. The number of hydrogen-bond donors (Lipinski definition) is 0. The second-order valence-corrected chi connectivity index (χ2v) is 5.48. The fourth-order valence-corrected chi connectivity index (χ4v) is 2.47. The topological polar surface area (TPSA) is 56.7 Å². The van der Waals surface area contributed by atoms with Crippen molar-refractivity contribution in [2.75, 3.05) is 0 Å². The summed E-state index contributed by atoms with van der Waals surface area (Å²) in [6, 6.07) is 6.21. The summed E-state index contributed by atoms with van der Waals surface area (Å²) in [7, 11) is 0. The Balaban J connectivity index is 2.01. The van der Waals surface area contributed by atoms with Crippen molar-refractivity contribution in [1.82, 2.24) is 19.7 Å². The van der Waals surface area contributed by atoms with Crippen LogP contribution in [-0.4, -0.2) is 19.7 Å². The van der Waals surface area contributed by atoms with Crippen molar-refractivity contribution in [2.45, 2.75) is 32.2 Å². The monoisotopic (exact) mass is 290 g/mol. The predicted molar refractivity (Wildman–Crippen MR) is 76.7 cm³/mol. The molecule has 20 heavy (non-hydrogen) atoms. The van der Waals surface area contributed by atoms with E-state index in [0.29, 0.717) is 12.2 Å². The van der Waals surface area contributed by atoms with Gasteiger partial charge in [0.1, 0.15) is 5.82 Å². The number of rotatable bonds is 4. The van der Waals surface area contributed by atoms with Crippen molar-refractivity contribution in [1.29, 1.82) is 0 Å². The van der Waals surface area contributed by atoms with Gasteiger partial charge in [-0.15, -0.1) is 11.6 Å². The molecule has 0 radical (unpaired) electrons. The fraction of sp³-hybridized carbons (Fsp3) is 0.357. The smallest absolute Gasteiger partial charge is 0.213 e. The first-order valence-electron chi connectivity index (χ1n) is 6.51. The maximum Gasteiger partial charge on any atom is 0.213 e. The Labute approximate surface area is 121 Å². The third-order valence-corrected chi connectivity index (χ3v) is 3.45. The van der Waals surface area contributed by atoms with Crippen molar-refractivity contribution < 1.29 is 4.52 Å². The van der Waals surface area contributed by atoms with Crippen molar-refractivity contribution in [2.24, 2.45) is 0 Å². The molecular weight excluding hydrogens is 276 g/mol. The van der Waals surface area contributed by atoms with Gasteiger partial charge in [-0.05, 0) is 31.5 Å². The van der Waals surface area contributed by atoms with E-state index < -0.39 is 0 Å². The van der Waals surface area contributed by atoms with Gasteiger partial charge in [-0.25, -0.2) is 4.98 Å². The van der Waals surface area contributed by atoms with Crippen LogP contribution in [0.3, 0.4) is 0 Å². The maximum atomic E-state index is 6.25. The van der Waals surface area contributed by atoms with Crippen LogP contribution in [0.1, 0.15) is 29.5 Å². The van der Waals surface area contributed by atoms with E-state index >= 15 is 0 Å². The first kappa shape index (κ1) is 13.1. The molecule has 0 aliphatic carbocycles. The summed E-state index contributed by atoms with van der Waals surface area (Å²) in [5.41, 5.74) is 3.26. The third kappa shape index (κ3) is 2.41. The summed E-state index contributed by atoms with van der Waals surface area (Å²) in [5, 5.41) is 3.69. The Hall–Kier alpha value is -1.88. The highest BCUT2D eigenvalue weighted by atomic mass is 35.5. The number of hydrogen-bond acceptors (Lipinski definition) is 4. The van der Waals surface area contributed by atoms with Gasteiger partial charge >= 0.3 is 0 Å². The van der Waals surface area contributed by atoms with Gasteiger partial charge in [-0.3, -0.25) is 0 Å². The van der Waals surface area contributed by atoms with Crippen molar-refractivity contribution in [3.05, 3.63) is 41.8 Å². The summed E-state index contributed by atoms with van der Waals surface area (Å²) >= 11 is 6.25. The zero-order valence-electron chi connectivity index (χ0n) is 11.4. The minimum Gasteiger partial charge on any atom is -0.343 e. The quantitative estimate of drug-likeness (QED) is 0.692. The normalized spacial score (nSPS) is 12.9. The number of fused-ring (bicyclic) bond motifs is 1. The summed E-state index contributed by atoms with van der Waals surface area (Å²) < 4.78 is 6.89. The van der Waals surface area contributed by atoms with E-state index in [9.17, 15) is 0 Å². The minimum absolute atomic E-state index is 0.145. The van der Waals surface area contributed by atoms with Crippen LogP contribution in [0.2, 0.25) is 0 Å². The Morgan fingerprint density at radius 3 is 2.95 bits per heavy atom. The molecule has 0 fully saturated rings. The molecule has 104 valence electrons. The van der Waals surface area contributed by atoms with E-state index in [-0.39, 0.29) is 5.38 Å². The highest BCUT2D eigenvalue weighted by Gasteiger charge is 2.15. The van der Waals surface area contributed by atoms with Crippen LogP contribution in [0.4, 0.5) is 0 Å². The van der Waals surface area contributed by atoms with Crippen molar-refractivity contribution in [3.8, 4) is 0 Å². The van der Waals surface area contributed by atoms with E-state index in [1.807, 2.05) is 13.0 Å². The lowest BCUT2D eigenvalue weighted by molar-refractivity contribution is 0.408. The molecule has 6 heteroatoms. The molecule has 1 aromatic carbocycles. The summed E-state index contributed by atoms with van der Waals surface area (Å²) in [4.78, 5) is 8.66. The second kappa shape index (κ2) is 5.25. The van der Waals surface area contributed by atoms with Crippen molar-refractivity contribution in [3.63, 3.8) is 0 Å². The summed E-state index contributed by atoms with van der Waals surface area (Å²) in [5.74, 6) is 1.56. The van der Waals surface area contributed by atoms with Gasteiger partial charge in [-0.1, -0.05) is 11.2 Å². The van der Waals surface area contributed by atoms with Crippen molar-refractivity contribution >= 4 is 22.6 Å². The zero-order chi connectivity index (χ0) is 14.1. The Morgan fingerprint density at radius 1 is 1.40 bits per heavy atom. The molecule has 1 atom stereocenters. The van der Waals surface area contributed by atoms with Gasteiger partial charge in [0.2, 0.25) is 6.39 Å². The molecule has 5 nitrogen and oxygen atoms in total. The molecule has 0 N–H and O–H groups in total. The highest BCUT2D eigenvalue weighted by Crippen LogP contribution is 2.25. The van der Waals surface area contributed by atoms with Gasteiger partial charge < -0.3 is 9.09 Å². The molecule has 0 aliphatic heterocycles. The first-order chi connectivity index (χ1) is 9.65. The van der Waals surface area contributed by atoms with Gasteiger partial charge in [-0.2, -0.15) is 4.98 Å². The lowest BCUT2D eigenvalue weighted by Crippen LogP contribution is -2.07. The molecule has 2 aromatic heterocycles. The largest absolute Gasteiger partial charge is 0.343 e. The van der Waals surface area contributed by atoms with Gasteiger partial charge in [0.15, 0.2) is 5.82 Å². The molecule has 3 aromatic rings. The molecule has 1 unspecified atom stereocenters. The molecule has 0 spiro atoms. The summed E-state index contributed by atoms with van der Waals surface area (Å²) in [6.45, 7) is 4.73. The van der Waals surface area contributed by atoms with E-state index in [4.69, 9.17) is 16.1 Å². The van der Waals surface area contributed by atoms with E-state index in [1.165, 1.54) is 12.0 Å². The first-order valence-corrected chi connectivity index (χ1v) is 6.95. The average Bonchev–Trinajstić information content (AvgIpc) is 3.03. The van der Waals surface area contributed by atoms with Crippen LogP contribution in [0.15, 0.2) is 29.1 Å². The Kier molecular flexibility index (Phi) is 3.44. The SMILES string of the molecule is Cc1ccc2nc(C(C)Cl)n(CCc3ncon3)c2c1. The molecular formula is C14H15ClN4O. The third-order valence-electron chi connectivity index (χ3n) is 3.26. The molecule has 0 saturated heterocycles. The van der Waals surface area contributed by atoms with Gasteiger partial charge in [0.25, 0.3) is 0 Å². The number of halogens is 1. The fourth-order valence-electron chi connectivity index (χ4n) is 2.30. The standard InChI is InChI=1S/C14H15ClN4O/c1-9-3-4-11-12(7-9)19(14(17-11)10(2)15)6-5-13-16-8-20-18-13/h3-4,7-8,10H,5-6H2,1-2H3. The molecule has 0 bridgehead atoms. The predicted octanol–water partition coefficient (Wildman–Crippen LogP) is 3.27. The number of aromatic nitrogens is 4. The van der Waals surface area contributed by atoms with Crippen LogP contribution in [0, 0.1) is 6.92 Å². The molecule has 0 aliphatic rings. The number of imidazole rings is 1. The number of aryl methyl sites for hydroxylation is 3. The van der Waals surface area contributed by atoms with Gasteiger partial charge in [0, 0.05) is 13.0 Å². The molecule has 0 saturated carbocycles. The minimum atomic E-state index is -0.145. The van der Waals surface area contributed by atoms with Crippen LogP contribution in [0.5, 0.6) is 0 Å². The number of benzene rings is 1. The van der Waals surface area contributed by atoms with E-state index in [1.54, 1.807) is 0 Å². The van der Waals surface area contributed by atoms with Gasteiger partial charge in [0.05, 0.1) is 16.4 Å². The molecule has 2 heterocycles. The van der Waals surface area contributed by atoms with Crippen LogP contribution in [-0.2, 0) is 13.0 Å². The van der Waals surface area contributed by atoms with Crippen LogP contribution >= 0.6 is 11.6 Å². The lowest BCUT2D eigenvalue weighted by Gasteiger charge is -2.09.